The van der Waals surface area contributed by atoms with Gasteiger partial charge in [-0.15, -0.1) is 11.3 Å². The van der Waals surface area contributed by atoms with Crippen LogP contribution >= 0.6 is 11.3 Å². The minimum Gasteiger partial charge on any atom is -0.494 e. The number of aryl methyl sites for hydroxylation is 3. The van der Waals surface area contributed by atoms with Crippen molar-refractivity contribution in [2.45, 2.75) is 27.7 Å². The zero-order valence-corrected chi connectivity index (χ0v) is 17.2. The highest BCUT2D eigenvalue weighted by atomic mass is 32.1. The van der Waals surface area contributed by atoms with E-state index in [1.165, 1.54) is 4.88 Å². The number of hydrogen-bond acceptors (Lipinski definition) is 6. The lowest BCUT2D eigenvalue weighted by Crippen LogP contribution is -2.00. The highest BCUT2D eigenvalue weighted by Gasteiger charge is 2.18. The van der Waals surface area contributed by atoms with Gasteiger partial charge < -0.3 is 10.1 Å². The van der Waals surface area contributed by atoms with Gasteiger partial charge in [0.05, 0.1) is 12.0 Å². The topological polar surface area (TPSA) is 59.9 Å². The molecule has 3 heterocycles. The maximum Gasteiger partial charge on any atom is 0.144 e. The number of aromatic nitrogens is 3. The minimum atomic E-state index is 0.657. The Morgan fingerprint density at radius 3 is 2.54 bits per heavy atom. The van der Waals surface area contributed by atoms with Crippen molar-refractivity contribution in [2.24, 2.45) is 0 Å². The summed E-state index contributed by atoms with van der Waals surface area (Å²) >= 11 is 1.69. The first-order valence-electron chi connectivity index (χ1n) is 9.26. The molecule has 4 aromatic rings. The third kappa shape index (κ3) is 3.55. The van der Waals surface area contributed by atoms with Crippen molar-refractivity contribution in [2.75, 3.05) is 11.9 Å². The lowest BCUT2D eigenvalue weighted by atomic mass is 10.0. The molecule has 0 aliphatic rings. The molecule has 1 N–H and O–H groups in total. The number of fused-ring (bicyclic) bond motifs is 1. The molecule has 0 atom stereocenters. The molecule has 0 amide bonds. The van der Waals surface area contributed by atoms with Gasteiger partial charge in [0, 0.05) is 16.6 Å². The Labute approximate surface area is 168 Å². The van der Waals surface area contributed by atoms with E-state index < -0.39 is 0 Å². The SMILES string of the molecule is CCOc1ccc(-c2c(C)sc3nc(C)nc(Nc4cc(C)ccn4)c23)cc1. The second kappa shape index (κ2) is 7.56. The van der Waals surface area contributed by atoms with Crippen molar-refractivity contribution in [3.8, 4) is 16.9 Å². The smallest absolute Gasteiger partial charge is 0.144 e. The molecule has 0 saturated carbocycles. The summed E-state index contributed by atoms with van der Waals surface area (Å²) < 4.78 is 5.58. The first-order valence-corrected chi connectivity index (χ1v) is 10.1. The fourth-order valence-corrected chi connectivity index (χ4v) is 4.36. The molecule has 0 aliphatic heterocycles. The molecule has 0 saturated heterocycles. The van der Waals surface area contributed by atoms with Gasteiger partial charge in [-0.3, -0.25) is 0 Å². The normalized spacial score (nSPS) is 11.0. The standard InChI is InChI=1S/C22H22N4OS/c1-5-27-17-8-6-16(7-9-17)19-14(3)28-22-20(19)21(24-15(4)25-22)26-18-12-13(2)10-11-23-18/h6-12H,5H2,1-4H3,(H,23,24,25,26). The van der Waals surface area contributed by atoms with Crippen LogP contribution in [0.25, 0.3) is 21.3 Å². The number of nitrogens with one attached hydrogen (secondary N) is 1. The zero-order chi connectivity index (χ0) is 19.7. The van der Waals surface area contributed by atoms with Crippen molar-refractivity contribution in [1.82, 2.24) is 15.0 Å². The van der Waals surface area contributed by atoms with Gasteiger partial charge >= 0.3 is 0 Å². The summed E-state index contributed by atoms with van der Waals surface area (Å²) in [5.74, 6) is 3.18. The van der Waals surface area contributed by atoms with Crippen LogP contribution in [0.15, 0.2) is 42.6 Å². The Kier molecular flexibility index (Phi) is 4.96. The maximum absolute atomic E-state index is 5.58. The summed E-state index contributed by atoms with van der Waals surface area (Å²) in [6.45, 7) is 8.74. The van der Waals surface area contributed by atoms with Crippen LogP contribution in [0, 0.1) is 20.8 Å². The summed E-state index contributed by atoms with van der Waals surface area (Å²) in [5, 5.41) is 4.43. The van der Waals surface area contributed by atoms with Crippen LogP contribution < -0.4 is 10.1 Å². The summed E-state index contributed by atoms with van der Waals surface area (Å²) in [6.07, 6.45) is 1.80. The molecule has 6 heteroatoms. The van der Waals surface area contributed by atoms with Gasteiger partial charge in [0.1, 0.15) is 28.0 Å². The Balaban J connectivity index is 1.86. The van der Waals surface area contributed by atoms with Crippen LogP contribution in [-0.4, -0.2) is 21.6 Å². The summed E-state index contributed by atoms with van der Waals surface area (Å²) in [4.78, 5) is 16.0. The molecule has 4 rings (SSSR count). The molecular formula is C22H22N4OS. The van der Waals surface area contributed by atoms with E-state index in [1.807, 2.05) is 45.0 Å². The summed E-state index contributed by atoms with van der Waals surface area (Å²) in [7, 11) is 0. The van der Waals surface area contributed by atoms with Crippen LogP contribution in [0.5, 0.6) is 5.75 Å². The fraction of sp³-hybridized carbons (Fsp3) is 0.227. The molecule has 1 aromatic carbocycles. The molecule has 0 radical (unpaired) electrons. The highest BCUT2D eigenvalue weighted by Crippen LogP contribution is 2.41. The first kappa shape index (κ1) is 18.4. The molecule has 0 bridgehead atoms. The zero-order valence-electron chi connectivity index (χ0n) is 16.4. The number of pyridine rings is 1. The number of anilines is 2. The van der Waals surface area contributed by atoms with Crippen LogP contribution in [0.1, 0.15) is 23.2 Å². The molecule has 0 unspecified atom stereocenters. The highest BCUT2D eigenvalue weighted by molar-refractivity contribution is 7.19. The molecule has 3 aromatic heterocycles. The lowest BCUT2D eigenvalue weighted by Gasteiger charge is -2.10. The Morgan fingerprint density at radius 1 is 1.04 bits per heavy atom. The van der Waals surface area contributed by atoms with E-state index in [-0.39, 0.29) is 0 Å². The van der Waals surface area contributed by atoms with E-state index in [0.29, 0.717) is 6.61 Å². The number of thiophene rings is 1. The number of nitrogens with zero attached hydrogens (tertiary/aromatic N) is 3. The molecular weight excluding hydrogens is 368 g/mol. The Morgan fingerprint density at radius 2 is 1.82 bits per heavy atom. The monoisotopic (exact) mass is 390 g/mol. The van der Waals surface area contributed by atoms with Gasteiger partial charge in [0.2, 0.25) is 0 Å². The molecule has 0 fully saturated rings. The quantitative estimate of drug-likeness (QED) is 0.465. The van der Waals surface area contributed by atoms with Gasteiger partial charge in [-0.25, -0.2) is 15.0 Å². The Bertz CT molecular complexity index is 1140. The lowest BCUT2D eigenvalue weighted by molar-refractivity contribution is 0.340. The van der Waals surface area contributed by atoms with E-state index in [9.17, 15) is 0 Å². The van der Waals surface area contributed by atoms with E-state index in [4.69, 9.17) is 9.72 Å². The molecule has 5 nitrogen and oxygen atoms in total. The van der Waals surface area contributed by atoms with Gasteiger partial charge in [0.15, 0.2) is 0 Å². The molecule has 142 valence electrons. The number of rotatable bonds is 5. The van der Waals surface area contributed by atoms with E-state index in [1.54, 1.807) is 17.5 Å². The second-order valence-corrected chi connectivity index (χ2v) is 7.84. The van der Waals surface area contributed by atoms with Crippen molar-refractivity contribution >= 4 is 33.2 Å². The largest absolute Gasteiger partial charge is 0.494 e. The average molecular weight is 391 g/mol. The average Bonchev–Trinajstić information content (AvgIpc) is 2.98. The maximum atomic E-state index is 5.58. The van der Waals surface area contributed by atoms with Gasteiger partial charge in [0.25, 0.3) is 0 Å². The van der Waals surface area contributed by atoms with Crippen LogP contribution in [0.2, 0.25) is 0 Å². The Hall–Kier alpha value is -2.99. The van der Waals surface area contributed by atoms with Crippen molar-refractivity contribution in [3.63, 3.8) is 0 Å². The van der Waals surface area contributed by atoms with Crippen molar-refractivity contribution in [3.05, 3.63) is 58.9 Å². The number of ether oxygens (including phenoxy) is 1. The van der Waals surface area contributed by atoms with Crippen molar-refractivity contribution < 1.29 is 4.74 Å². The second-order valence-electron chi connectivity index (χ2n) is 6.63. The number of benzene rings is 1. The third-order valence-corrected chi connectivity index (χ3v) is 5.45. The molecule has 0 spiro atoms. The van der Waals surface area contributed by atoms with Crippen molar-refractivity contribution in [1.29, 1.82) is 0 Å². The molecule has 0 aliphatic carbocycles. The van der Waals surface area contributed by atoms with E-state index in [2.05, 4.69) is 34.3 Å². The fourth-order valence-electron chi connectivity index (χ4n) is 3.27. The van der Waals surface area contributed by atoms with Crippen LogP contribution in [-0.2, 0) is 0 Å². The third-order valence-electron chi connectivity index (χ3n) is 4.46. The summed E-state index contributed by atoms with van der Waals surface area (Å²) in [5.41, 5.74) is 3.42. The van der Waals surface area contributed by atoms with E-state index in [0.717, 1.165) is 50.1 Å². The van der Waals surface area contributed by atoms with E-state index >= 15 is 0 Å². The van der Waals surface area contributed by atoms with Crippen LogP contribution in [0.4, 0.5) is 11.6 Å². The first-order chi connectivity index (χ1) is 13.5. The van der Waals surface area contributed by atoms with Gasteiger partial charge in [-0.1, -0.05) is 12.1 Å². The summed E-state index contributed by atoms with van der Waals surface area (Å²) in [6, 6.07) is 12.2. The number of hydrogen-bond donors (Lipinski definition) is 1. The van der Waals surface area contributed by atoms with Gasteiger partial charge in [-0.2, -0.15) is 0 Å². The minimum absolute atomic E-state index is 0.657. The molecule has 28 heavy (non-hydrogen) atoms. The van der Waals surface area contributed by atoms with Crippen LogP contribution in [0.3, 0.4) is 0 Å². The van der Waals surface area contributed by atoms with Gasteiger partial charge in [-0.05, 0) is 63.1 Å². The predicted octanol–water partition coefficient (Wildman–Crippen LogP) is 5.82. The predicted molar refractivity (Wildman–Crippen MR) is 116 cm³/mol.